The van der Waals surface area contributed by atoms with Gasteiger partial charge < -0.3 is 24.6 Å². The Hall–Kier alpha value is -3.53. The smallest absolute Gasteiger partial charge is 0.270 e. The first-order chi connectivity index (χ1) is 17.4. The maximum absolute atomic E-state index is 13.0. The summed E-state index contributed by atoms with van der Waals surface area (Å²) in [5, 5.41) is 4.05. The first-order valence-corrected chi connectivity index (χ1v) is 12.8. The minimum absolute atomic E-state index is 0.00653. The van der Waals surface area contributed by atoms with Gasteiger partial charge in [0.2, 0.25) is 5.95 Å². The summed E-state index contributed by atoms with van der Waals surface area (Å²) in [6.45, 7) is 3.92. The normalized spacial score (nSPS) is 20.1. The van der Waals surface area contributed by atoms with E-state index >= 15 is 0 Å². The van der Waals surface area contributed by atoms with Crippen molar-refractivity contribution < 1.29 is 9.59 Å². The van der Waals surface area contributed by atoms with Crippen molar-refractivity contribution in [3.63, 3.8) is 0 Å². The van der Waals surface area contributed by atoms with Gasteiger partial charge in [0.25, 0.3) is 11.8 Å². The van der Waals surface area contributed by atoms with Gasteiger partial charge in [0.05, 0.1) is 11.1 Å². The Morgan fingerprint density at radius 2 is 1.78 bits per heavy atom. The van der Waals surface area contributed by atoms with Crippen molar-refractivity contribution in [2.75, 3.05) is 52.1 Å². The predicted octanol–water partition coefficient (Wildman–Crippen LogP) is 2.70. The van der Waals surface area contributed by atoms with Crippen LogP contribution in [-0.2, 0) is 5.54 Å². The van der Waals surface area contributed by atoms with Gasteiger partial charge in [-0.15, -0.1) is 0 Å². The fourth-order valence-electron chi connectivity index (χ4n) is 5.96. The van der Waals surface area contributed by atoms with Crippen LogP contribution in [0.2, 0.25) is 0 Å². The highest BCUT2D eigenvalue weighted by atomic mass is 16.2. The molecule has 0 unspecified atom stereocenters. The molecule has 10 heteroatoms. The number of amides is 2. The number of nitrogens with zero attached hydrogens (tertiary/aromatic N) is 7. The van der Waals surface area contributed by atoms with Crippen LogP contribution in [0.4, 0.5) is 11.8 Å². The van der Waals surface area contributed by atoms with E-state index in [1.807, 2.05) is 22.9 Å². The second-order valence-electron chi connectivity index (χ2n) is 10.4. The van der Waals surface area contributed by atoms with Crippen LogP contribution in [-0.4, -0.2) is 92.9 Å². The van der Waals surface area contributed by atoms with Crippen molar-refractivity contribution in [1.29, 1.82) is 0 Å². The number of hydrogen-bond acceptors (Lipinski definition) is 7. The lowest BCUT2D eigenvalue weighted by Crippen LogP contribution is -2.53. The Morgan fingerprint density at radius 3 is 2.50 bits per heavy atom. The van der Waals surface area contributed by atoms with Crippen LogP contribution in [0.5, 0.6) is 0 Å². The summed E-state index contributed by atoms with van der Waals surface area (Å²) >= 11 is 0. The molecule has 0 bridgehead atoms. The third-order valence-corrected chi connectivity index (χ3v) is 7.94. The van der Waals surface area contributed by atoms with Gasteiger partial charge in [-0.05, 0) is 38.1 Å². The van der Waals surface area contributed by atoms with Crippen molar-refractivity contribution >= 4 is 34.6 Å². The summed E-state index contributed by atoms with van der Waals surface area (Å²) in [6.07, 6.45) is 8.99. The number of aromatic nitrogens is 4. The van der Waals surface area contributed by atoms with Gasteiger partial charge in [-0.1, -0.05) is 19.3 Å². The zero-order chi connectivity index (χ0) is 24.9. The minimum atomic E-state index is -0.118. The van der Waals surface area contributed by atoms with Crippen molar-refractivity contribution in [2.45, 2.75) is 37.6 Å². The third-order valence-electron chi connectivity index (χ3n) is 7.94. The molecule has 5 heterocycles. The summed E-state index contributed by atoms with van der Waals surface area (Å²) in [5.74, 6) is 1.03. The highest BCUT2D eigenvalue weighted by molar-refractivity contribution is 5.99. The van der Waals surface area contributed by atoms with E-state index in [1.165, 1.54) is 6.42 Å². The Bertz CT molecular complexity index is 1300. The van der Waals surface area contributed by atoms with E-state index in [-0.39, 0.29) is 17.4 Å². The second kappa shape index (κ2) is 8.85. The van der Waals surface area contributed by atoms with Crippen molar-refractivity contribution in [1.82, 2.24) is 34.2 Å². The van der Waals surface area contributed by atoms with Gasteiger partial charge >= 0.3 is 0 Å². The third kappa shape index (κ3) is 3.89. The number of fused-ring (bicyclic) bond motifs is 4. The summed E-state index contributed by atoms with van der Waals surface area (Å²) in [4.78, 5) is 45.5. The number of piperazine rings is 1. The fraction of sp³-hybridized carbons (Fsp3) is 0.500. The molecule has 1 saturated carbocycles. The molecule has 6 rings (SSSR count). The number of carbonyl (C=O) groups excluding carboxylic acids is 2. The Kier molecular flexibility index (Phi) is 5.63. The fourth-order valence-corrected chi connectivity index (χ4v) is 5.96. The molecule has 3 aromatic rings. The van der Waals surface area contributed by atoms with Gasteiger partial charge in [-0.2, -0.15) is 4.98 Å². The number of rotatable bonds is 3. The molecule has 10 nitrogen and oxygen atoms in total. The highest BCUT2D eigenvalue weighted by Crippen LogP contribution is 2.42. The first-order valence-electron chi connectivity index (χ1n) is 12.8. The molecular formula is C26H32N8O2. The number of carbonyl (C=O) groups is 2. The molecule has 0 radical (unpaired) electrons. The average molecular weight is 489 g/mol. The Morgan fingerprint density at radius 1 is 1.00 bits per heavy atom. The SMILES string of the molecule is CN1CCN(C(=O)c2ccc(Nc3ncc4cc5n(c4n3)C3(CCCCC3)CN(C)C5=O)nc2)CC1. The minimum Gasteiger partial charge on any atom is -0.338 e. The van der Waals surface area contributed by atoms with E-state index in [2.05, 4.69) is 31.8 Å². The van der Waals surface area contributed by atoms with E-state index in [9.17, 15) is 9.59 Å². The zero-order valence-corrected chi connectivity index (χ0v) is 20.9. The Balaban J connectivity index is 1.27. The molecule has 0 aromatic carbocycles. The second-order valence-corrected chi connectivity index (χ2v) is 10.4. The van der Waals surface area contributed by atoms with Crippen LogP contribution in [0.25, 0.3) is 11.0 Å². The highest BCUT2D eigenvalue weighted by Gasteiger charge is 2.43. The molecule has 1 aliphatic carbocycles. The first kappa shape index (κ1) is 22.9. The summed E-state index contributed by atoms with van der Waals surface area (Å²) in [6, 6.07) is 5.50. The monoisotopic (exact) mass is 488 g/mol. The molecule has 36 heavy (non-hydrogen) atoms. The predicted molar refractivity (Wildman–Crippen MR) is 136 cm³/mol. The van der Waals surface area contributed by atoms with Crippen molar-refractivity contribution in [3.8, 4) is 0 Å². The van der Waals surface area contributed by atoms with Gasteiger partial charge in [0.1, 0.15) is 17.2 Å². The lowest BCUT2D eigenvalue weighted by molar-refractivity contribution is 0.0543. The van der Waals surface area contributed by atoms with Crippen LogP contribution in [0.15, 0.2) is 30.6 Å². The quantitative estimate of drug-likeness (QED) is 0.605. The van der Waals surface area contributed by atoms with Gasteiger partial charge in [0, 0.05) is 57.6 Å². The summed E-state index contributed by atoms with van der Waals surface area (Å²) < 4.78 is 2.18. The zero-order valence-electron chi connectivity index (χ0n) is 20.9. The summed E-state index contributed by atoms with van der Waals surface area (Å²) in [5.41, 5.74) is 1.93. The van der Waals surface area contributed by atoms with Crippen LogP contribution in [0, 0.1) is 0 Å². The topological polar surface area (TPSA) is 99.5 Å². The number of nitrogens with one attached hydrogen (secondary N) is 1. The molecule has 1 saturated heterocycles. The largest absolute Gasteiger partial charge is 0.338 e. The van der Waals surface area contributed by atoms with E-state index in [1.54, 1.807) is 24.5 Å². The number of likely N-dealkylation sites (N-methyl/N-ethyl adjacent to an activating group) is 2. The van der Waals surface area contributed by atoms with E-state index in [4.69, 9.17) is 4.98 Å². The molecular weight excluding hydrogens is 456 g/mol. The molecule has 1 N–H and O–H groups in total. The maximum atomic E-state index is 13.0. The van der Waals surface area contributed by atoms with Crippen LogP contribution in [0.1, 0.15) is 53.0 Å². The molecule has 2 fully saturated rings. The molecule has 3 aromatic heterocycles. The average Bonchev–Trinajstić information content (AvgIpc) is 3.29. The lowest BCUT2D eigenvalue weighted by atomic mass is 9.79. The van der Waals surface area contributed by atoms with Gasteiger partial charge in [0.15, 0.2) is 0 Å². The molecule has 0 atom stereocenters. The van der Waals surface area contributed by atoms with E-state index < -0.39 is 0 Å². The lowest BCUT2D eigenvalue weighted by Gasteiger charge is -2.45. The molecule has 188 valence electrons. The van der Waals surface area contributed by atoms with Crippen LogP contribution >= 0.6 is 0 Å². The van der Waals surface area contributed by atoms with E-state index in [0.717, 1.165) is 62.9 Å². The van der Waals surface area contributed by atoms with Gasteiger partial charge in [-0.25, -0.2) is 9.97 Å². The Labute approximate surface area is 210 Å². The van der Waals surface area contributed by atoms with Crippen LogP contribution in [0.3, 0.4) is 0 Å². The van der Waals surface area contributed by atoms with Crippen LogP contribution < -0.4 is 5.32 Å². The van der Waals surface area contributed by atoms with Gasteiger partial charge in [-0.3, -0.25) is 9.59 Å². The number of anilines is 2. The molecule has 2 aliphatic heterocycles. The molecule has 3 aliphatic rings. The number of pyridine rings is 1. The van der Waals surface area contributed by atoms with E-state index in [0.29, 0.717) is 29.6 Å². The standard InChI is InChI=1S/C26H32N8O2/c1-31-10-12-33(13-11-31)23(35)18-6-7-21(27-15-18)29-25-28-16-19-14-20-24(36)32(2)17-26(8-4-3-5-9-26)34(20)22(19)30-25/h6-7,14-16H,3-5,8-13,17H2,1-2H3,(H,27,28,29,30). The molecule has 1 spiro atoms. The molecule has 2 amide bonds. The summed E-state index contributed by atoms with van der Waals surface area (Å²) in [7, 11) is 3.96. The van der Waals surface area contributed by atoms with Crippen molar-refractivity contribution in [3.05, 3.63) is 41.9 Å². The van der Waals surface area contributed by atoms with Crippen molar-refractivity contribution in [2.24, 2.45) is 0 Å². The number of hydrogen-bond donors (Lipinski definition) is 1. The maximum Gasteiger partial charge on any atom is 0.270 e.